The monoisotopic (exact) mass is 1370 g/mol. The molecule has 4 heteroatoms. The largest absolute Gasteiger partial charge is 0.469 e. The van der Waals surface area contributed by atoms with Gasteiger partial charge in [0.15, 0.2) is 5.78 Å². The van der Waals surface area contributed by atoms with E-state index in [1.807, 2.05) is 0 Å². The predicted octanol–water partition coefficient (Wildman–Crippen LogP) is 20.6. The van der Waals surface area contributed by atoms with Crippen LogP contribution in [0.5, 0.6) is 0 Å². The van der Waals surface area contributed by atoms with E-state index < -0.39 is 0 Å². The highest BCUT2D eigenvalue weighted by atomic mass is 16.5. The molecule has 26 aliphatic carbocycles. The fraction of sp³-hybridized carbons (Fsp3) is 0.250. The Kier molecular flexibility index (Phi) is 7.14. The van der Waals surface area contributed by atoms with Crippen LogP contribution in [0.1, 0.15) is 208 Å². The average Bonchev–Trinajstić information content (AvgIpc) is 1.37. The molecule has 1 N–H and O–H groups in total. The van der Waals surface area contributed by atoms with Crippen molar-refractivity contribution in [2.75, 3.05) is 13.7 Å². The number of ketones is 1. The van der Waals surface area contributed by atoms with Crippen LogP contribution in [-0.2, 0) is 46.8 Å². The molecule has 0 bridgehead atoms. The summed E-state index contributed by atoms with van der Waals surface area (Å²) in [7, 11) is 1.56. The molecular weight excluding hydrogens is 1310 g/mol. The summed E-state index contributed by atoms with van der Waals surface area (Å²) in [6.45, 7) is -0.363. The second-order valence-corrected chi connectivity index (χ2v) is 37.9. The number of aliphatic hydroxyl groups is 1. The van der Waals surface area contributed by atoms with Gasteiger partial charge in [0.1, 0.15) is 6.61 Å². The molecule has 26 aliphatic rings. The van der Waals surface area contributed by atoms with E-state index >= 15 is 0 Å². The van der Waals surface area contributed by atoms with Gasteiger partial charge < -0.3 is 9.84 Å². The molecule has 108 heavy (non-hydrogen) atoms. The molecule has 4 spiro atoms. The Labute approximate surface area is 620 Å². The number of benzene rings is 10. The van der Waals surface area contributed by atoms with Gasteiger partial charge in [-0.05, 0) is 305 Å². The van der Waals surface area contributed by atoms with Gasteiger partial charge in [-0.25, -0.2) is 0 Å². The average molecular weight is 1370 g/mol. The third-order valence-electron chi connectivity index (χ3n) is 36.8. The van der Waals surface area contributed by atoms with Crippen LogP contribution in [0.3, 0.4) is 0 Å². The van der Waals surface area contributed by atoms with Gasteiger partial charge in [-0.15, -0.1) is 0 Å². The topological polar surface area (TPSA) is 63.6 Å². The molecule has 36 rings (SSSR count). The van der Waals surface area contributed by atoms with Gasteiger partial charge >= 0.3 is 5.97 Å². The number of Topliss-reactive ketones (excluding diaryl/α,β-unsaturated/α-hetero) is 1. The van der Waals surface area contributed by atoms with Crippen LogP contribution >= 0.6 is 0 Å². The van der Waals surface area contributed by atoms with Crippen LogP contribution in [0.4, 0.5) is 0 Å². The molecule has 0 aliphatic heterocycles. The van der Waals surface area contributed by atoms with Crippen molar-refractivity contribution >= 4 is 66.7 Å². The molecule has 2 saturated carbocycles. The fourth-order valence-electron chi connectivity index (χ4n) is 35.8. The molecule has 10 aromatic carbocycles. The van der Waals surface area contributed by atoms with E-state index in [0.717, 1.165) is 25.7 Å². The van der Waals surface area contributed by atoms with E-state index in [9.17, 15) is 14.7 Å². The minimum absolute atomic E-state index is 0.0278. The van der Waals surface area contributed by atoms with Gasteiger partial charge in [0.25, 0.3) is 0 Å². The lowest BCUT2D eigenvalue weighted by Crippen LogP contribution is -2.40. The number of methoxy groups -OCH3 is 1. The van der Waals surface area contributed by atoms with Crippen LogP contribution in [0, 0.1) is 23.7 Å². The van der Waals surface area contributed by atoms with E-state index in [1.54, 1.807) is 196 Å². The van der Waals surface area contributed by atoms with Crippen LogP contribution < -0.4 is 0 Å². The molecule has 4 nitrogen and oxygen atoms in total. The molecule has 0 amide bonds. The summed E-state index contributed by atoms with van der Waals surface area (Å²) in [6, 6.07) is 43.8. The highest BCUT2D eigenvalue weighted by Crippen LogP contribution is 3.02. The van der Waals surface area contributed by atoms with Crippen LogP contribution in [0.2, 0.25) is 0 Å². The maximum atomic E-state index is 13.0. The smallest absolute Gasteiger partial charge is 0.305 e. The Hall–Kier alpha value is -10.8. The summed E-state index contributed by atoms with van der Waals surface area (Å²) in [4.78, 5) is 26.0. The molecule has 0 radical (unpaired) electrons. The quantitative estimate of drug-likeness (QED) is 0.131. The van der Waals surface area contributed by atoms with Gasteiger partial charge in [-0.1, -0.05) is 182 Å². The highest BCUT2D eigenvalue weighted by Gasteiger charge is 3.00. The normalized spacial score (nSPS) is 36.1. The van der Waals surface area contributed by atoms with Crippen LogP contribution in [0.15, 0.2) is 193 Å². The molecule has 0 saturated heterocycles. The SMILES string of the molecule is COC(=O)CCCC1(c2ccccc2)C23c4c5c6c7c8c4C4C9=C8C=CC7C7C=CC8=C(c%10c-5c2c2c5c(ccc8c%105)-c5ccc8c(c5-2)C13C4C8C=C9)C67.O=C(CO)CCCC1(c2ccccc2)C23c4c5c6c7c8c4C4C9=C8C=CC7C7C=CC8=C(c%10c-5c2c2c5c(ccc8c%105)-c5ccc8c(c5-2)C13C4C8C=C9)C67. The van der Waals surface area contributed by atoms with E-state index in [0.29, 0.717) is 83.9 Å². The number of rotatable bonds is 11. The van der Waals surface area contributed by atoms with Crippen molar-refractivity contribution in [2.45, 2.75) is 118 Å². The van der Waals surface area contributed by atoms with Crippen LogP contribution in [-0.4, -0.2) is 30.6 Å². The number of allylic oxidation sites excluding steroid dienone is 20. The Morgan fingerprint density at radius 3 is 1.31 bits per heavy atom. The zero-order chi connectivity index (χ0) is 68.5. The van der Waals surface area contributed by atoms with E-state index in [2.05, 4.69) is 182 Å². The molecule has 0 aromatic heterocycles. The number of hydrogen-bond donors (Lipinski definition) is 1. The summed E-state index contributed by atoms with van der Waals surface area (Å²) < 4.78 is 5.34. The first kappa shape index (κ1) is 52.3. The predicted molar refractivity (Wildman–Crippen MR) is 419 cm³/mol. The lowest BCUT2D eigenvalue weighted by Gasteiger charge is -2.44. The second kappa shape index (κ2) is 14.7. The number of carbonyl (C=O) groups excluding carboxylic acids is 2. The summed E-state index contributed by atoms with van der Waals surface area (Å²) >= 11 is 0. The van der Waals surface area contributed by atoms with Crippen molar-refractivity contribution in [1.29, 1.82) is 0 Å². The van der Waals surface area contributed by atoms with Crippen molar-refractivity contribution in [3.8, 4) is 66.8 Å². The van der Waals surface area contributed by atoms with Gasteiger partial charge in [-0.2, -0.15) is 0 Å². The third-order valence-corrected chi connectivity index (χ3v) is 36.8. The molecule has 18 atom stereocenters. The van der Waals surface area contributed by atoms with Gasteiger partial charge in [0.2, 0.25) is 0 Å². The molecule has 18 unspecified atom stereocenters. The Balaban J connectivity index is 0.000000104. The van der Waals surface area contributed by atoms with E-state index in [4.69, 9.17) is 4.74 Å². The highest BCUT2D eigenvalue weighted by molar-refractivity contribution is 6.36. The Morgan fingerprint density at radius 1 is 0.380 bits per heavy atom. The standard InChI is InChI=1S/2C52H30O2/c1-54-31(53)8-5-19-50(20-6-3-2-4-7-20)51-46-29-17-15-27-25-13-11-23-21-9-10-22-24-12-14-26-28-16-18-30(29)47(51)39(28)43-37(26)35(24)41-33(22)32(21)40-34(23)36(25)42(38(27)46)48-44(40)45(41)49(43)52(48,50)51;53-19-21(54)7-4-18-50(20-5-2-1-3-6-20)51-46-30-16-14-28-26-12-10-24-22-8-9-23-25-11-13-27-29-15-17-31(30)47(51)39(29)43-37(27)35(25)41-33(23)32(22)40-34(24)36(26)42(38(28)46)48-44(40)45(41)49(43)52(48,50)51/h2-4,6-7,9-18,21,23,29,32,38,46H,5,8,19H2,1H3;1-3,5-6,8-17,22,24,30,32,38,46,53H,4,7,18-19H2. The van der Waals surface area contributed by atoms with Gasteiger partial charge in [0, 0.05) is 92.7 Å². The van der Waals surface area contributed by atoms with Crippen molar-refractivity contribution in [1.82, 2.24) is 0 Å². The van der Waals surface area contributed by atoms with Gasteiger partial charge in [0.05, 0.1) is 7.11 Å². The van der Waals surface area contributed by atoms with E-state index in [1.165, 1.54) is 66.6 Å². The minimum Gasteiger partial charge on any atom is -0.469 e. The van der Waals surface area contributed by atoms with Crippen molar-refractivity contribution in [3.63, 3.8) is 0 Å². The molecule has 0 heterocycles. The van der Waals surface area contributed by atoms with Gasteiger partial charge in [-0.3, -0.25) is 9.59 Å². The zero-order valence-corrected chi connectivity index (χ0v) is 58.9. The number of ether oxygens (including phenoxy) is 1. The molecule has 500 valence electrons. The summed E-state index contributed by atoms with van der Waals surface area (Å²) in [5.74, 6) is 4.82. The van der Waals surface area contributed by atoms with E-state index in [-0.39, 0.29) is 50.8 Å². The first-order valence-corrected chi connectivity index (χ1v) is 41.0. The maximum Gasteiger partial charge on any atom is 0.305 e. The molecular formula is C104H60O4. The number of hydrogen-bond acceptors (Lipinski definition) is 4. The number of fused-ring (bicyclic) bond motifs is 8. The second-order valence-electron chi connectivity index (χ2n) is 37.9. The van der Waals surface area contributed by atoms with Crippen molar-refractivity contribution in [3.05, 3.63) is 316 Å². The number of carbonyl (C=O) groups is 2. The number of esters is 1. The Bertz CT molecular complexity index is 6900. The number of aliphatic hydroxyl groups excluding tert-OH is 1. The summed E-state index contributed by atoms with van der Waals surface area (Å²) in [5, 5.41) is 16.2. The fourth-order valence-corrected chi connectivity index (χ4v) is 35.8. The third kappa shape index (κ3) is 3.94. The first-order chi connectivity index (χ1) is 53.4. The Morgan fingerprint density at radius 2 is 0.824 bits per heavy atom. The molecule has 2 fully saturated rings. The minimum atomic E-state index is -0.363. The maximum absolute atomic E-state index is 13.0. The van der Waals surface area contributed by atoms with Crippen LogP contribution in [0.25, 0.3) is 122 Å². The van der Waals surface area contributed by atoms with Crippen molar-refractivity contribution in [2.24, 2.45) is 23.7 Å². The zero-order valence-electron chi connectivity index (χ0n) is 58.9. The lowest BCUT2D eigenvalue weighted by atomic mass is 9.57. The summed E-state index contributed by atoms with van der Waals surface area (Å²) in [6.07, 6.45) is 35.7. The van der Waals surface area contributed by atoms with Crippen molar-refractivity contribution < 1.29 is 19.4 Å². The summed E-state index contributed by atoms with van der Waals surface area (Å²) in [5.41, 5.74) is 66.4. The lowest BCUT2D eigenvalue weighted by molar-refractivity contribution is -0.140. The molecule has 10 aromatic rings. The first-order valence-electron chi connectivity index (χ1n) is 41.0.